The third-order valence-electron chi connectivity index (χ3n) is 3.45. The molecule has 5 nitrogen and oxygen atoms in total. The lowest BCUT2D eigenvalue weighted by atomic mass is 9.94. The minimum Gasteiger partial charge on any atom is -0.479 e. The number of hydrogen-bond acceptors (Lipinski definition) is 4. The summed E-state index contributed by atoms with van der Waals surface area (Å²) in [6.07, 6.45) is 1.52. The van der Waals surface area contributed by atoms with Gasteiger partial charge in [0.2, 0.25) is 5.91 Å². The number of carbonyl (C=O) groups excluding carboxylic acids is 1. The molecule has 0 fully saturated rings. The fourth-order valence-corrected chi connectivity index (χ4v) is 2.00. The molecule has 1 aromatic carbocycles. The van der Waals surface area contributed by atoms with Crippen molar-refractivity contribution in [2.75, 3.05) is 13.2 Å². The Morgan fingerprint density at radius 3 is 2.90 bits per heavy atom. The van der Waals surface area contributed by atoms with E-state index in [2.05, 4.69) is 5.32 Å². The van der Waals surface area contributed by atoms with Crippen LogP contribution < -0.4 is 10.1 Å². The van der Waals surface area contributed by atoms with E-state index in [1.165, 1.54) is 0 Å². The quantitative estimate of drug-likeness (QED) is 0.765. The number of aliphatic hydroxyl groups excluding tert-OH is 1. The van der Waals surface area contributed by atoms with E-state index >= 15 is 0 Å². The summed E-state index contributed by atoms with van der Waals surface area (Å²) in [6, 6.07) is 9.05. The minimum absolute atomic E-state index is 0.0138. The van der Waals surface area contributed by atoms with Gasteiger partial charge in [0.1, 0.15) is 11.8 Å². The highest BCUT2D eigenvalue weighted by Crippen LogP contribution is 2.16. The second-order valence-electron chi connectivity index (χ2n) is 5.21. The van der Waals surface area contributed by atoms with Crippen LogP contribution in [0.1, 0.15) is 32.3 Å². The first-order valence-corrected chi connectivity index (χ1v) is 7.03. The molecular weight excluding hydrogens is 268 g/mol. The predicted octanol–water partition coefficient (Wildman–Crippen LogP) is 1.80. The van der Waals surface area contributed by atoms with Gasteiger partial charge in [0.05, 0.1) is 6.42 Å². The van der Waals surface area contributed by atoms with E-state index in [4.69, 9.17) is 15.1 Å². The van der Waals surface area contributed by atoms with Crippen LogP contribution >= 0.6 is 0 Å². The van der Waals surface area contributed by atoms with Crippen LogP contribution in [0.2, 0.25) is 0 Å². The average Bonchev–Trinajstić information content (AvgIpc) is 2.45. The smallest absolute Gasteiger partial charge is 0.224 e. The molecule has 0 aliphatic carbocycles. The Labute approximate surface area is 125 Å². The second-order valence-corrected chi connectivity index (χ2v) is 5.21. The molecule has 5 heteroatoms. The van der Waals surface area contributed by atoms with Crippen molar-refractivity contribution in [1.29, 1.82) is 5.26 Å². The van der Waals surface area contributed by atoms with Crippen LogP contribution in [-0.4, -0.2) is 29.8 Å². The molecule has 21 heavy (non-hydrogen) atoms. The summed E-state index contributed by atoms with van der Waals surface area (Å²) in [5.41, 5.74) is 0.436. The van der Waals surface area contributed by atoms with Gasteiger partial charge in [-0.15, -0.1) is 0 Å². The summed E-state index contributed by atoms with van der Waals surface area (Å²) < 4.78 is 5.21. The monoisotopic (exact) mass is 290 g/mol. The number of nitrogens with one attached hydrogen (secondary N) is 1. The molecular formula is C16H22N2O3. The predicted molar refractivity (Wildman–Crippen MR) is 79.8 cm³/mol. The van der Waals surface area contributed by atoms with Gasteiger partial charge in [-0.3, -0.25) is 4.79 Å². The summed E-state index contributed by atoms with van der Waals surface area (Å²) in [5, 5.41) is 20.5. The molecule has 0 saturated heterocycles. The first-order chi connectivity index (χ1) is 10.0. The normalized spacial score (nSPS) is 13.0. The number of hydrogen-bond donors (Lipinski definition) is 2. The highest BCUT2D eigenvalue weighted by atomic mass is 16.5. The molecule has 1 amide bonds. The molecule has 114 valence electrons. The molecule has 0 heterocycles. The molecule has 1 rings (SSSR count). The van der Waals surface area contributed by atoms with Crippen LogP contribution in [0.4, 0.5) is 0 Å². The zero-order valence-electron chi connectivity index (χ0n) is 12.6. The van der Waals surface area contributed by atoms with E-state index in [1.54, 1.807) is 18.2 Å². The molecule has 0 aliphatic rings. The van der Waals surface area contributed by atoms with Crippen LogP contribution in [0.5, 0.6) is 5.75 Å². The Hall–Kier alpha value is -2.06. The Morgan fingerprint density at radius 1 is 1.52 bits per heavy atom. The maximum atomic E-state index is 12.1. The molecule has 0 bridgehead atoms. The van der Waals surface area contributed by atoms with Crippen LogP contribution in [-0.2, 0) is 11.2 Å². The molecule has 0 spiro atoms. The van der Waals surface area contributed by atoms with Crippen molar-refractivity contribution in [2.24, 2.45) is 0 Å². The van der Waals surface area contributed by atoms with Crippen molar-refractivity contribution in [3.8, 4) is 11.8 Å². The third-order valence-corrected chi connectivity index (χ3v) is 3.45. The first-order valence-electron chi connectivity index (χ1n) is 7.03. The number of ether oxygens (including phenoxy) is 1. The van der Waals surface area contributed by atoms with Gasteiger partial charge in [-0.25, -0.2) is 0 Å². The summed E-state index contributed by atoms with van der Waals surface area (Å²) in [4.78, 5) is 12.1. The maximum absolute atomic E-state index is 12.1. The molecule has 1 unspecified atom stereocenters. The Bertz CT molecular complexity index is 510. The van der Waals surface area contributed by atoms with Gasteiger partial charge in [0, 0.05) is 12.1 Å². The van der Waals surface area contributed by atoms with E-state index in [0.29, 0.717) is 12.2 Å². The van der Waals surface area contributed by atoms with Crippen molar-refractivity contribution >= 4 is 5.91 Å². The van der Waals surface area contributed by atoms with Gasteiger partial charge in [0.25, 0.3) is 0 Å². The lowest BCUT2D eigenvalue weighted by Gasteiger charge is -2.29. The van der Waals surface area contributed by atoms with E-state index in [1.807, 2.05) is 26.0 Å². The summed E-state index contributed by atoms with van der Waals surface area (Å²) in [5.74, 6) is 0.487. The van der Waals surface area contributed by atoms with Gasteiger partial charge in [0.15, 0.2) is 6.61 Å². The van der Waals surface area contributed by atoms with Crippen LogP contribution in [0.3, 0.4) is 0 Å². The Kier molecular flexibility index (Phi) is 6.70. The third kappa shape index (κ3) is 5.84. The van der Waals surface area contributed by atoms with Gasteiger partial charge >= 0.3 is 0 Å². The SMILES string of the molecule is CCC(C)(CCO)NC(=O)Cc1cccc(OCC#N)c1. The topological polar surface area (TPSA) is 82.3 Å². The lowest BCUT2D eigenvalue weighted by Crippen LogP contribution is -2.46. The molecule has 0 saturated carbocycles. The number of nitriles is 1. The molecule has 1 aromatic rings. The summed E-state index contributed by atoms with van der Waals surface area (Å²) >= 11 is 0. The summed E-state index contributed by atoms with van der Waals surface area (Å²) in [7, 11) is 0. The van der Waals surface area contributed by atoms with Gasteiger partial charge < -0.3 is 15.2 Å². The van der Waals surface area contributed by atoms with Crippen molar-refractivity contribution < 1.29 is 14.6 Å². The molecule has 0 aromatic heterocycles. The van der Waals surface area contributed by atoms with E-state index < -0.39 is 0 Å². The van der Waals surface area contributed by atoms with Gasteiger partial charge in [-0.1, -0.05) is 19.1 Å². The number of benzene rings is 1. The first kappa shape index (κ1) is 17.0. The standard InChI is InChI=1S/C16H22N2O3/c1-3-16(2,7-9-19)18-15(20)12-13-5-4-6-14(11-13)21-10-8-17/h4-6,11,19H,3,7,9-10,12H2,1-2H3,(H,18,20). The molecule has 0 radical (unpaired) electrons. The molecule has 2 N–H and O–H groups in total. The number of carbonyl (C=O) groups is 1. The average molecular weight is 290 g/mol. The van der Waals surface area contributed by atoms with Crippen LogP contribution in [0.15, 0.2) is 24.3 Å². The van der Waals surface area contributed by atoms with Crippen LogP contribution in [0, 0.1) is 11.3 Å². The van der Waals surface area contributed by atoms with Gasteiger partial charge in [-0.05, 0) is 37.5 Å². The lowest BCUT2D eigenvalue weighted by molar-refractivity contribution is -0.122. The largest absolute Gasteiger partial charge is 0.479 e. The van der Waals surface area contributed by atoms with Crippen molar-refractivity contribution in [1.82, 2.24) is 5.32 Å². The van der Waals surface area contributed by atoms with E-state index in [9.17, 15) is 4.79 Å². The number of aliphatic hydroxyl groups is 1. The highest BCUT2D eigenvalue weighted by Gasteiger charge is 2.23. The molecule has 1 atom stereocenters. The number of nitrogens with zero attached hydrogens (tertiary/aromatic N) is 1. The number of rotatable bonds is 8. The zero-order valence-corrected chi connectivity index (χ0v) is 12.6. The van der Waals surface area contributed by atoms with E-state index in [-0.39, 0.29) is 31.1 Å². The van der Waals surface area contributed by atoms with Crippen molar-refractivity contribution in [2.45, 2.75) is 38.6 Å². The highest BCUT2D eigenvalue weighted by molar-refractivity contribution is 5.79. The van der Waals surface area contributed by atoms with Crippen molar-refractivity contribution in [3.05, 3.63) is 29.8 Å². The minimum atomic E-state index is -0.388. The fourth-order valence-electron chi connectivity index (χ4n) is 2.00. The Morgan fingerprint density at radius 2 is 2.29 bits per heavy atom. The molecule has 0 aliphatic heterocycles. The Balaban J connectivity index is 2.64. The van der Waals surface area contributed by atoms with Gasteiger partial charge in [-0.2, -0.15) is 5.26 Å². The second kappa shape index (κ2) is 8.28. The maximum Gasteiger partial charge on any atom is 0.224 e. The summed E-state index contributed by atoms with van der Waals surface area (Å²) in [6.45, 7) is 3.93. The van der Waals surface area contributed by atoms with E-state index in [0.717, 1.165) is 12.0 Å². The van der Waals surface area contributed by atoms with Crippen LogP contribution in [0.25, 0.3) is 0 Å². The number of amides is 1. The van der Waals surface area contributed by atoms with Crippen molar-refractivity contribution in [3.63, 3.8) is 0 Å². The fraction of sp³-hybridized carbons (Fsp3) is 0.500. The zero-order chi connectivity index (χ0) is 15.7.